The molecule has 0 fully saturated rings. The molecule has 114 valence electrons. The van der Waals surface area contributed by atoms with Crippen molar-refractivity contribution in [2.75, 3.05) is 13.2 Å². The molecule has 0 spiro atoms. The van der Waals surface area contributed by atoms with Gasteiger partial charge in [-0.25, -0.2) is 4.79 Å². The van der Waals surface area contributed by atoms with Gasteiger partial charge in [0.25, 0.3) is 5.91 Å². The van der Waals surface area contributed by atoms with Crippen molar-refractivity contribution in [1.82, 2.24) is 4.90 Å². The molecule has 1 unspecified atom stereocenters. The fourth-order valence-electron chi connectivity index (χ4n) is 2.68. The number of rotatable bonds is 4. The molecule has 0 saturated heterocycles. The minimum Gasteiger partial charge on any atom is -0.480 e. The van der Waals surface area contributed by atoms with Crippen LogP contribution in [0.15, 0.2) is 24.3 Å². The summed E-state index contributed by atoms with van der Waals surface area (Å²) in [6, 6.07) is 7.66. The highest BCUT2D eigenvalue weighted by Crippen LogP contribution is 2.30. The van der Waals surface area contributed by atoms with Crippen molar-refractivity contribution in [3.8, 4) is 0 Å². The quantitative estimate of drug-likeness (QED) is 0.921. The zero-order valence-corrected chi connectivity index (χ0v) is 12.6. The van der Waals surface area contributed by atoms with Crippen LogP contribution in [0.25, 0.3) is 0 Å². The van der Waals surface area contributed by atoms with E-state index >= 15 is 0 Å². The van der Waals surface area contributed by atoms with Crippen LogP contribution in [0, 0.1) is 0 Å². The Kier molecular flexibility index (Phi) is 4.32. The Balaban J connectivity index is 2.34. The number of hydrogen-bond acceptors (Lipinski definition) is 3. The van der Waals surface area contributed by atoms with E-state index < -0.39 is 17.6 Å². The van der Waals surface area contributed by atoms with Crippen LogP contribution in [0.1, 0.15) is 38.0 Å². The standard InChI is InChI=1S/C16H21NO4/c1-4-17(16(2,3)15(19)20)14(18)13-12-8-6-5-7-11(12)9-10-21-13/h5-8,13H,4,9-10H2,1-3H3,(H,19,20). The smallest absolute Gasteiger partial charge is 0.329 e. The number of benzene rings is 1. The third-order valence-corrected chi connectivity index (χ3v) is 4.00. The maximum absolute atomic E-state index is 12.8. The monoisotopic (exact) mass is 291 g/mol. The van der Waals surface area contributed by atoms with E-state index in [1.807, 2.05) is 24.3 Å². The lowest BCUT2D eigenvalue weighted by molar-refractivity contribution is -0.163. The number of nitrogens with zero attached hydrogens (tertiary/aromatic N) is 1. The second-order valence-corrected chi connectivity index (χ2v) is 5.65. The van der Waals surface area contributed by atoms with E-state index in [0.717, 1.165) is 17.5 Å². The predicted molar refractivity (Wildman–Crippen MR) is 77.9 cm³/mol. The number of carbonyl (C=O) groups excluding carboxylic acids is 1. The van der Waals surface area contributed by atoms with Gasteiger partial charge in [-0.15, -0.1) is 0 Å². The molecule has 1 amide bonds. The summed E-state index contributed by atoms with van der Waals surface area (Å²) < 4.78 is 5.64. The molecular weight excluding hydrogens is 270 g/mol. The van der Waals surface area contributed by atoms with Crippen LogP contribution in [0.2, 0.25) is 0 Å². The highest BCUT2D eigenvalue weighted by molar-refractivity contribution is 5.89. The second-order valence-electron chi connectivity index (χ2n) is 5.65. The molecule has 2 rings (SSSR count). The van der Waals surface area contributed by atoms with E-state index in [0.29, 0.717) is 13.2 Å². The fourth-order valence-corrected chi connectivity index (χ4v) is 2.68. The molecule has 5 heteroatoms. The molecule has 0 saturated carbocycles. The van der Waals surface area contributed by atoms with Gasteiger partial charge in [-0.1, -0.05) is 24.3 Å². The summed E-state index contributed by atoms with van der Waals surface area (Å²) in [4.78, 5) is 25.6. The lowest BCUT2D eigenvalue weighted by Crippen LogP contribution is -2.54. The first-order chi connectivity index (χ1) is 9.89. The number of likely N-dealkylation sites (N-methyl/N-ethyl adjacent to an activating group) is 1. The van der Waals surface area contributed by atoms with E-state index in [2.05, 4.69) is 0 Å². The van der Waals surface area contributed by atoms with Crippen molar-refractivity contribution >= 4 is 11.9 Å². The van der Waals surface area contributed by atoms with Crippen LogP contribution >= 0.6 is 0 Å². The molecule has 0 aliphatic carbocycles. The third-order valence-electron chi connectivity index (χ3n) is 4.00. The average molecular weight is 291 g/mol. The molecule has 1 aromatic rings. The van der Waals surface area contributed by atoms with Crippen molar-refractivity contribution in [2.45, 2.75) is 38.8 Å². The van der Waals surface area contributed by atoms with Crippen LogP contribution in [0.3, 0.4) is 0 Å². The third kappa shape index (κ3) is 2.78. The molecule has 1 N–H and O–H groups in total. The van der Waals surface area contributed by atoms with E-state index in [-0.39, 0.29) is 5.91 Å². The van der Waals surface area contributed by atoms with Gasteiger partial charge in [0.2, 0.25) is 0 Å². The van der Waals surface area contributed by atoms with Crippen LogP contribution in [-0.4, -0.2) is 40.6 Å². The Bertz CT molecular complexity index is 553. The van der Waals surface area contributed by atoms with Crippen molar-refractivity contribution in [1.29, 1.82) is 0 Å². The summed E-state index contributed by atoms with van der Waals surface area (Å²) in [5.41, 5.74) is 0.668. The van der Waals surface area contributed by atoms with Crippen LogP contribution < -0.4 is 0 Å². The van der Waals surface area contributed by atoms with Crippen molar-refractivity contribution in [3.05, 3.63) is 35.4 Å². The van der Waals surface area contributed by atoms with Crippen LogP contribution in [-0.2, 0) is 20.7 Å². The highest BCUT2D eigenvalue weighted by atomic mass is 16.5. The Morgan fingerprint density at radius 2 is 2.05 bits per heavy atom. The summed E-state index contributed by atoms with van der Waals surface area (Å²) in [6.07, 6.45) is 0.0579. The summed E-state index contributed by atoms with van der Waals surface area (Å²) in [7, 11) is 0. The molecular formula is C16H21NO4. The number of carboxylic acids is 1. The highest BCUT2D eigenvalue weighted by Gasteiger charge is 2.41. The SMILES string of the molecule is CCN(C(=O)C1OCCc2ccccc21)C(C)(C)C(=O)O. The molecule has 1 aliphatic heterocycles. The molecule has 0 bridgehead atoms. The Labute approximate surface area is 124 Å². The zero-order chi connectivity index (χ0) is 15.6. The van der Waals surface area contributed by atoms with Gasteiger partial charge >= 0.3 is 5.97 Å². The summed E-state index contributed by atoms with van der Waals surface area (Å²) in [5.74, 6) is -1.32. The minimum atomic E-state index is -1.26. The van der Waals surface area contributed by atoms with E-state index in [1.165, 1.54) is 18.7 Å². The first-order valence-electron chi connectivity index (χ1n) is 7.14. The fraction of sp³-hybridized carbons (Fsp3) is 0.500. The number of hydrogen-bond donors (Lipinski definition) is 1. The number of fused-ring (bicyclic) bond motifs is 1. The van der Waals surface area contributed by atoms with Crippen LogP contribution in [0.5, 0.6) is 0 Å². The van der Waals surface area contributed by atoms with E-state index in [4.69, 9.17) is 4.74 Å². The van der Waals surface area contributed by atoms with Gasteiger partial charge in [-0.2, -0.15) is 0 Å². The summed E-state index contributed by atoms with van der Waals surface area (Å²) in [5, 5.41) is 9.35. The van der Waals surface area contributed by atoms with Gasteiger partial charge in [-0.05, 0) is 38.3 Å². The molecule has 1 heterocycles. The topological polar surface area (TPSA) is 66.8 Å². The maximum Gasteiger partial charge on any atom is 0.329 e. The summed E-state index contributed by atoms with van der Waals surface area (Å²) in [6.45, 7) is 5.63. The number of carboxylic acid groups (broad SMARTS) is 1. The van der Waals surface area contributed by atoms with Crippen molar-refractivity contribution < 1.29 is 19.4 Å². The number of carbonyl (C=O) groups is 2. The number of ether oxygens (including phenoxy) is 1. The molecule has 1 atom stereocenters. The van der Waals surface area contributed by atoms with E-state index in [1.54, 1.807) is 6.92 Å². The lowest BCUT2D eigenvalue weighted by atomic mass is 9.95. The summed E-state index contributed by atoms with van der Waals surface area (Å²) >= 11 is 0. The average Bonchev–Trinajstić information content (AvgIpc) is 2.46. The largest absolute Gasteiger partial charge is 0.480 e. The lowest BCUT2D eigenvalue weighted by Gasteiger charge is -2.37. The van der Waals surface area contributed by atoms with Gasteiger partial charge in [0.15, 0.2) is 6.10 Å². The molecule has 5 nitrogen and oxygen atoms in total. The van der Waals surface area contributed by atoms with Gasteiger partial charge in [-0.3, -0.25) is 4.79 Å². The predicted octanol–water partition coefficient (Wildman–Crippen LogP) is 2.01. The second kappa shape index (κ2) is 5.85. The van der Waals surface area contributed by atoms with Gasteiger partial charge < -0.3 is 14.7 Å². The zero-order valence-electron chi connectivity index (χ0n) is 12.6. The Morgan fingerprint density at radius 1 is 1.38 bits per heavy atom. The van der Waals surface area contributed by atoms with Gasteiger partial charge in [0, 0.05) is 6.54 Å². The van der Waals surface area contributed by atoms with Gasteiger partial charge in [0.1, 0.15) is 5.54 Å². The number of amides is 1. The molecule has 0 radical (unpaired) electrons. The molecule has 21 heavy (non-hydrogen) atoms. The number of aliphatic carboxylic acids is 1. The molecule has 1 aromatic carbocycles. The Hall–Kier alpha value is -1.88. The van der Waals surface area contributed by atoms with E-state index in [9.17, 15) is 14.7 Å². The Morgan fingerprint density at radius 3 is 2.67 bits per heavy atom. The first kappa shape index (κ1) is 15.5. The first-order valence-corrected chi connectivity index (χ1v) is 7.14. The van der Waals surface area contributed by atoms with Gasteiger partial charge in [0.05, 0.1) is 6.61 Å². The molecule has 1 aliphatic rings. The van der Waals surface area contributed by atoms with Crippen molar-refractivity contribution in [3.63, 3.8) is 0 Å². The normalized spacial score (nSPS) is 18.0. The molecule has 0 aromatic heterocycles. The van der Waals surface area contributed by atoms with Crippen LogP contribution in [0.4, 0.5) is 0 Å². The minimum absolute atomic E-state index is 0.294. The maximum atomic E-state index is 12.8. The van der Waals surface area contributed by atoms with Crippen molar-refractivity contribution in [2.24, 2.45) is 0 Å².